The Morgan fingerprint density at radius 2 is 1.87 bits per heavy atom. The molecule has 2 aromatic heterocycles. The van der Waals surface area contributed by atoms with Crippen LogP contribution in [-0.2, 0) is 4.79 Å². The largest absolute Gasteiger partial charge is 0.465 e. The van der Waals surface area contributed by atoms with Gasteiger partial charge in [0.05, 0.1) is 6.26 Å². The molecule has 30 heavy (non-hydrogen) atoms. The summed E-state index contributed by atoms with van der Waals surface area (Å²) in [5.41, 5.74) is 1.88. The van der Waals surface area contributed by atoms with Gasteiger partial charge in [-0.15, -0.1) is 5.10 Å². The van der Waals surface area contributed by atoms with Gasteiger partial charge in [0.1, 0.15) is 11.5 Å². The first-order valence-corrected chi connectivity index (χ1v) is 9.13. The van der Waals surface area contributed by atoms with Crippen molar-refractivity contribution >= 4 is 29.2 Å². The molecule has 148 valence electrons. The first kappa shape index (κ1) is 19.0. The van der Waals surface area contributed by atoms with Crippen molar-refractivity contribution in [3.8, 4) is 11.4 Å². The smallest absolute Gasteiger partial charge is 0.274 e. The Hall–Kier alpha value is -4.33. The second kappa shape index (κ2) is 8.36. The number of tetrazole rings is 1. The second-order valence-electron chi connectivity index (χ2n) is 6.42. The summed E-state index contributed by atoms with van der Waals surface area (Å²) in [4.78, 5) is 24.8. The molecule has 0 radical (unpaired) electrons. The van der Waals surface area contributed by atoms with E-state index in [-0.39, 0.29) is 11.5 Å². The number of hydrogen-bond acceptors (Lipinski definition) is 6. The summed E-state index contributed by atoms with van der Waals surface area (Å²) in [5, 5.41) is 14.6. The average molecular weight is 399 g/mol. The standard InChI is InChI=1S/C22H17N5O3/c1-15(28)17-9-5-10-18(13-17)23-22(29)20(14-19-11-6-12-30-19)27-21(24-25-26-27)16-7-3-2-4-8-16/h2-14H,1H3,(H,23,29). The summed E-state index contributed by atoms with van der Waals surface area (Å²) in [5.74, 6) is 0.314. The van der Waals surface area contributed by atoms with Gasteiger partial charge in [0.2, 0.25) is 0 Å². The Morgan fingerprint density at radius 1 is 1.03 bits per heavy atom. The molecule has 0 aliphatic heterocycles. The first-order valence-electron chi connectivity index (χ1n) is 9.13. The quantitative estimate of drug-likeness (QED) is 0.391. The van der Waals surface area contributed by atoms with Crippen LogP contribution in [0.25, 0.3) is 23.2 Å². The van der Waals surface area contributed by atoms with E-state index >= 15 is 0 Å². The normalized spacial score (nSPS) is 11.3. The van der Waals surface area contributed by atoms with Gasteiger partial charge in [-0.2, -0.15) is 4.68 Å². The Bertz CT molecular complexity index is 1210. The Labute approximate surface area is 171 Å². The number of amides is 1. The summed E-state index contributed by atoms with van der Waals surface area (Å²) in [6.07, 6.45) is 3.06. The third-order valence-electron chi connectivity index (χ3n) is 4.31. The topological polar surface area (TPSA) is 103 Å². The van der Waals surface area contributed by atoms with Crippen molar-refractivity contribution in [1.82, 2.24) is 20.2 Å². The van der Waals surface area contributed by atoms with Crippen LogP contribution >= 0.6 is 0 Å². The molecule has 0 saturated carbocycles. The fraction of sp³-hybridized carbons (Fsp3) is 0.0455. The molecule has 1 amide bonds. The summed E-state index contributed by atoms with van der Waals surface area (Å²) >= 11 is 0. The van der Waals surface area contributed by atoms with E-state index in [0.717, 1.165) is 5.56 Å². The molecular formula is C22H17N5O3. The van der Waals surface area contributed by atoms with Crippen molar-refractivity contribution in [2.24, 2.45) is 0 Å². The maximum absolute atomic E-state index is 13.2. The molecule has 0 spiro atoms. The molecule has 4 rings (SSSR count). The van der Waals surface area contributed by atoms with E-state index in [1.165, 1.54) is 17.9 Å². The number of hydrogen-bond donors (Lipinski definition) is 1. The number of Topliss-reactive ketones (excluding diaryl/α,β-unsaturated/α-hetero) is 1. The van der Waals surface area contributed by atoms with E-state index < -0.39 is 5.91 Å². The second-order valence-corrected chi connectivity index (χ2v) is 6.42. The summed E-state index contributed by atoms with van der Waals surface area (Å²) in [6.45, 7) is 1.47. The number of ketones is 1. The van der Waals surface area contributed by atoms with Crippen molar-refractivity contribution in [2.45, 2.75) is 6.92 Å². The number of furan rings is 1. The molecular weight excluding hydrogens is 382 g/mol. The lowest BCUT2D eigenvalue weighted by atomic mass is 10.1. The third-order valence-corrected chi connectivity index (χ3v) is 4.31. The van der Waals surface area contributed by atoms with Gasteiger partial charge in [0.15, 0.2) is 11.6 Å². The highest BCUT2D eigenvalue weighted by Gasteiger charge is 2.20. The van der Waals surface area contributed by atoms with Gasteiger partial charge in [-0.1, -0.05) is 42.5 Å². The number of anilines is 1. The molecule has 4 aromatic rings. The van der Waals surface area contributed by atoms with E-state index in [0.29, 0.717) is 22.8 Å². The van der Waals surface area contributed by atoms with E-state index in [1.54, 1.807) is 42.5 Å². The highest BCUT2D eigenvalue weighted by atomic mass is 16.3. The molecule has 2 aromatic carbocycles. The minimum Gasteiger partial charge on any atom is -0.465 e. The van der Waals surface area contributed by atoms with Gasteiger partial charge in [-0.3, -0.25) is 9.59 Å². The number of rotatable bonds is 6. The van der Waals surface area contributed by atoms with E-state index in [9.17, 15) is 9.59 Å². The molecule has 2 heterocycles. The lowest BCUT2D eigenvalue weighted by Crippen LogP contribution is -2.19. The van der Waals surface area contributed by atoms with Crippen LogP contribution in [0.4, 0.5) is 5.69 Å². The van der Waals surface area contributed by atoms with E-state index in [4.69, 9.17) is 4.42 Å². The SMILES string of the molecule is CC(=O)c1cccc(NC(=O)C(=Cc2ccco2)n2nnnc2-c2ccccc2)c1. The molecule has 0 bridgehead atoms. The van der Waals surface area contributed by atoms with Crippen molar-refractivity contribution < 1.29 is 14.0 Å². The minimum atomic E-state index is -0.461. The van der Waals surface area contributed by atoms with Crippen LogP contribution in [0, 0.1) is 0 Å². The number of carbonyl (C=O) groups excluding carboxylic acids is 2. The molecule has 0 unspecified atom stereocenters. The van der Waals surface area contributed by atoms with Crippen LogP contribution in [0.3, 0.4) is 0 Å². The highest BCUT2D eigenvalue weighted by Crippen LogP contribution is 2.22. The predicted octanol–water partition coefficient (Wildman–Crippen LogP) is 3.77. The lowest BCUT2D eigenvalue weighted by Gasteiger charge is -2.11. The van der Waals surface area contributed by atoms with Crippen LogP contribution in [0.5, 0.6) is 0 Å². The molecule has 0 aliphatic carbocycles. The Balaban J connectivity index is 1.74. The van der Waals surface area contributed by atoms with E-state index in [2.05, 4.69) is 20.8 Å². The van der Waals surface area contributed by atoms with Crippen LogP contribution in [0.15, 0.2) is 77.4 Å². The zero-order valence-electron chi connectivity index (χ0n) is 16.0. The monoisotopic (exact) mass is 399 g/mol. The van der Waals surface area contributed by atoms with Crippen LogP contribution in [0.1, 0.15) is 23.0 Å². The molecule has 8 nitrogen and oxygen atoms in total. The Kier molecular flexibility index (Phi) is 5.29. The van der Waals surface area contributed by atoms with Crippen molar-refractivity contribution in [2.75, 3.05) is 5.32 Å². The molecule has 0 atom stereocenters. The van der Waals surface area contributed by atoms with Crippen LogP contribution < -0.4 is 5.32 Å². The number of nitrogens with zero attached hydrogens (tertiary/aromatic N) is 4. The van der Waals surface area contributed by atoms with E-state index in [1.807, 2.05) is 30.3 Å². The predicted molar refractivity (Wildman–Crippen MR) is 111 cm³/mol. The molecule has 1 N–H and O–H groups in total. The minimum absolute atomic E-state index is 0.0932. The van der Waals surface area contributed by atoms with Gasteiger partial charge in [0, 0.05) is 22.9 Å². The summed E-state index contributed by atoms with van der Waals surface area (Å²) in [6, 6.07) is 19.4. The molecule has 0 saturated heterocycles. The zero-order chi connectivity index (χ0) is 20.9. The maximum Gasteiger partial charge on any atom is 0.274 e. The van der Waals surface area contributed by atoms with Crippen molar-refractivity contribution in [3.63, 3.8) is 0 Å². The maximum atomic E-state index is 13.2. The fourth-order valence-electron chi connectivity index (χ4n) is 2.86. The fourth-order valence-corrected chi connectivity index (χ4v) is 2.86. The van der Waals surface area contributed by atoms with Gasteiger partial charge in [0.25, 0.3) is 5.91 Å². The number of nitrogens with one attached hydrogen (secondary N) is 1. The summed E-state index contributed by atoms with van der Waals surface area (Å²) < 4.78 is 6.72. The molecule has 0 aliphatic rings. The van der Waals surface area contributed by atoms with Crippen molar-refractivity contribution in [1.29, 1.82) is 0 Å². The number of carbonyl (C=O) groups is 2. The summed E-state index contributed by atoms with van der Waals surface area (Å²) in [7, 11) is 0. The van der Waals surface area contributed by atoms with Crippen LogP contribution in [-0.4, -0.2) is 31.9 Å². The van der Waals surface area contributed by atoms with Crippen LogP contribution in [0.2, 0.25) is 0 Å². The molecule has 0 fully saturated rings. The first-order chi connectivity index (χ1) is 14.6. The lowest BCUT2D eigenvalue weighted by molar-refractivity contribution is -0.111. The Morgan fingerprint density at radius 3 is 2.60 bits per heavy atom. The third kappa shape index (κ3) is 4.07. The van der Waals surface area contributed by atoms with Gasteiger partial charge in [-0.05, 0) is 41.6 Å². The number of aromatic nitrogens is 4. The van der Waals surface area contributed by atoms with Crippen molar-refractivity contribution in [3.05, 3.63) is 84.3 Å². The zero-order valence-corrected chi connectivity index (χ0v) is 16.0. The average Bonchev–Trinajstić information content (AvgIpc) is 3.45. The van der Waals surface area contributed by atoms with Gasteiger partial charge < -0.3 is 9.73 Å². The number of benzene rings is 2. The van der Waals surface area contributed by atoms with Gasteiger partial charge >= 0.3 is 0 Å². The van der Waals surface area contributed by atoms with Gasteiger partial charge in [-0.25, -0.2) is 0 Å². The molecule has 8 heteroatoms. The highest BCUT2D eigenvalue weighted by molar-refractivity contribution is 6.24.